The third-order valence-corrected chi connectivity index (χ3v) is 7.34. The van der Waals surface area contributed by atoms with E-state index in [1.54, 1.807) is 29.3 Å². The minimum absolute atomic E-state index is 0.627. The number of H-pyrrole nitrogens is 1. The molecule has 1 aromatic carbocycles. The van der Waals surface area contributed by atoms with Crippen molar-refractivity contribution in [3.63, 3.8) is 0 Å². The van der Waals surface area contributed by atoms with E-state index in [0.717, 1.165) is 55.3 Å². The predicted octanol–water partition coefficient (Wildman–Crippen LogP) is 7.65. The van der Waals surface area contributed by atoms with Crippen LogP contribution in [0.4, 0.5) is 23.0 Å². The number of benzene rings is 1. The molecule has 8 nitrogen and oxygen atoms in total. The van der Waals surface area contributed by atoms with Crippen LogP contribution in [0.3, 0.4) is 0 Å². The maximum absolute atomic E-state index is 4.72. The molecule has 5 rings (SSSR count). The number of nitrogens with zero attached hydrogens (tertiary/aromatic N) is 5. The fraction of sp³-hybridized carbons (Fsp3) is 0.296. The van der Waals surface area contributed by atoms with Gasteiger partial charge in [-0.25, -0.2) is 19.9 Å². The SMILES string of the molecule is CC.CSc1cc(-c2nc(C)sc2C)ccc1Nc1cc(Nc2cnc(C)c(C)n2)nc2nc(C)[nH]c12. The molecule has 0 saturated heterocycles. The number of hydrogen-bond acceptors (Lipinski definition) is 9. The summed E-state index contributed by atoms with van der Waals surface area (Å²) in [4.78, 5) is 28.6. The lowest BCUT2D eigenvalue weighted by Crippen LogP contribution is -2.02. The minimum Gasteiger partial charge on any atom is -0.353 e. The van der Waals surface area contributed by atoms with E-state index in [-0.39, 0.29) is 0 Å². The van der Waals surface area contributed by atoms with Gasteiger partial charge in [0.25, 0.3) is 0 Å². The molecule has 0 bridgehead atoms. The Hall–Kier alpha value is -3.50. The Morgan fingerprint density at radius 1 is 0.838 bits per heavy atom. The lowest BCUT2D eigenvalue weighted by Gasteiger charge is -2.14. The number of thioether (sulfide) groups is 1. The molecule has 3 N–H and O–H groups in total. The zero-order valence-corrected chi connectivity index (χ0v) is 24.1. The zero-order chi connectivity index (χ0) is 26.7. The van der Waals surface area contributed by atoms with E-state index in [4.69, 9.17) is 4.98 Å². The van der Waals surface area contributed by atoms with E-state index in [0.29, 0.717) is 17.3 Å². The van der Waals surface area contributed by atoms with Crippen molar-refractivity contribution in [2.75, 3.05) is 16.9 Å². The van der Waals surface area contributed by atoms with Gasteiger partial charge in [0.05, 0.1) is 39.7 Å². The molecule has 192 valence electrons. The summed E-state index contributed by atoms with van der Waals surface area (Å²) >= 11 is 3.42. The second kappa shape index (κ2) is 11.3. The van der Waals surface area contributed by atoms with Gasteiger partial charge >= 0.3 is 0 Å². The highest BCUT2D eigenvalue weighted by atomic mass is 32.2. The number of thiazole rings is 1. The van der Waals surface area contributed by atoms with Crippen molar-refractivity contribution in [3.8, 4) is 11.3 Å². The predicted molar refractivity (Wildman–Crippen MR) is 157 cm³/mol. The van der Waals surface area contributed by atoms with Gasteiger partial charge in [0.15, 0.2) is 5.65 Å². The average Bonchev–Trinajstić information content (AvgIpc) is 3.43. The van der Waals surface area contributed by atoms with Crippen LogP contribution < -0.4 is 10.6 Å². The molecule has 10 heteroatoms. The van der Waals surface area contributed by atoms with Crippen LogP contribution in [0.5, 0.6) is 0 Å². The van der Waals surface area contributed by atoms with Crippen LogP contribution in [0.25, 0.3) is 22.4 Å². The second-order valence-corrected chi connectivity index (χ2v) is 10.6. The van der Waals surface area contributed by atoms with Gasteiger partial charge in [0.1, 0.15) is 23.0 Å². The normalized spacial score (nSPS) is 10.8. The average molecular weight is 533 g/mol. The first-order valence-electron chi connectivity index (χ1n) is 12.1. The Morgan fingerprint density at radius 2 is 1.62 bits per heavy atom. The number of nitrogens with one attached hydrogen (secondary N) is 3. The van der Waals surface area contributed by atoms with Gasteiger partial charge in [-0.3, -0.25) is 4.98 Å². The maximum Gasteiger partial charge on any atom is 0.181 e. The number of fused-ring (bicyclic) bond motifs is 1. The third-order valence-electron chi connectivity index (χ3n) is 5.68. The topological polar surface area (TPSA) is 104 Å². The molecule has 0 aliphatic rings. The van der Waals surface area contributed by atoms with Crippen LogP contribution in [0, 0.1) is 34.6 Å². The standard InChI is InChI=1S/C25H26N8S2.C2H6/c1-12-13(2)27-22(11-26-12)32-21-10-19(24-25(33-21)29-15(4)28-24)31-18-8-7-17(9-20(18)34-6)23-14(3)35-16(5)30-23;1-2/h7-11H,1-6H3,(H3,27,28,29,31,32,33);1-2H3. The second-order valence-electron chi connectivity index (χ2n) is 8.30. The Labute approximate surface area is 225 Å². The lowest BCUT2D eigenvalue weighted by molar-refractivity contribution is 1.05. The smallest absolute Gasteiger partial charge is 0.181 e. The molecule has 4 heterocycles. The number of anilines is 4. The number of imidazole rings is 1. The molecule has 5 aromatic rings. The Morgan fingerprint density at radius 3 is 2.30 bits per heavy atom. The van der Waals surface area contributed by atoms with Crippen molar-refractivity contribution in [1.82, 2.24) is 29.9 Å². The highest BCUT2D eigenvalue weighted by Gasteiger charge is 2.15. The van der Waals surface area contributed by atoms with Gasteiger partial charge in [-0.05, 0) is 53.0 Å². The van der Waals surface area contributed by atoms with Gasteiger partial charge < -0.3 is 15.6 Å². The number of rotatable bonds is 6. The number of pyridine rings is 1. The summed E-state index contributed by atoms with van der Waals surface area (Å²) in [5.41, 5.74) is 7.30. The van der Waals surface area contributed by atoms with E-state index in [9.17, 15) is 0 Å². The monoisotopic (exact) mass is 532 g/mol. The van der Waals surface area contributed by atoms with Gasteiger partial charge in [-0.2, -0.15) is 0 Å². The highest BCUT2D eigenvalue weighted by Crippen LogP contribution is 2.36. The zero-order valence-electron chi connectivity index (χ0n) is 22.4. The number of hydrogen-bond donors (Lipinski definition) is 3. The van der Waals surface area contributed by atoms with Crippen LogP contribution in [-0.4, -0.2) is 36.2 Å². The van der Waals surface area contributed by atoms with E-state index in [2.05, 4.69) is 66.9 Å². The summed E-state index contributed by atoms with van der Waals surface area (Å²) in [6.07, 6.45) is 3.79. The molecular weight excluding hydrogens is 500 g/mol. The van der Waals surface area contributed by atoms with Gasteiger partial charge in [0, 0.05) is 21.4 Å². The number of aromatic amines is 1. The molecule has 0 unspecified atom stereocenters. The van der Waals surface area contributed by atoms with E-state index in [1.807, 2.05) is 47.6 Å². The summed E-state index contributed by atoms with van der Waals surface area (Å²) in [7, 11) is 0. The minimum atomic E-state index is 0.627. The van der Waals surface area contributed by atoms with Gasteiger partial charge in [-0.1, -0.05) is 19.9 Å². The van der Waals surface area contributed by atoms with Gasteiger partial charge in [-0.15, -0.1) is 23.1 Å². The van der Waals surface area contributed by atoms with Crippen LogP contribution in [0.1, 0.15) is 40.9 Å². The van der Waals surface area contributed by atoms with Crippen LogP contribution in [0.2, 0.25) is 0 Å². The van der Waals surface area contributed by atoms with Crippen LogP contribution >= 0.6 is 23.1 Å². The van der Waals surface area contributed by atoms with Crippen molar-refractivity contribution in [2.24, 2.45) is 0 Å². The van der Waals surface area contributed by atoms with E-state index in [1.165, 1.54) is 4.88 Å². The highest BCUT2D eigenvalue weighted by molar-refractivity contribution is 7.98. The largest absolute Gasteiger partial charge is 0.353 e. The Balaban J connectivity index is 0.00000156. The first kappa shape index (κ1) is 26.6. The van der Waals surface area contributed by atoms with Crippen molar-refractivity contribution in [3.05, 3.63) is 57.6 Å². The first-order chi connectivity index (χ1) is 17.8. The molecule has 4 aromatic heterocycles. The van der Waals surface area contributed by atoms with Crippen LogP contribution in [-0.2, 0) is 0 Å². The summed E-state index contributed by atoms with van der Waals surface area (Å²) in [6, 6.07) is 8.37. The lowest BCUT2D eigenvalue weighted by atomic mass is 10.1. The molecular formula is C27H32N8S2. The fourth-order valence-electron chi connectivity index (χ4n) is 3.88. The molecule has 0 saturated carbocycles. The maximum atomic E-state index is 4.72. The van der Waals surface area contributed by atoms with Crippen LogP contribution in [0.15, 0.2) is 35.4 Å². The van der Waals surface area contributed by atoms with Crippen molar-refractivity contribution < 1.29 is 0 Å². The summed E-state index contributed by atoms with van der Waals surface area (Å²) in [6.45, 7) is 14.0. The number of aryl methyl sites for hydroxylation is 5. The van der Waals surface area contributed by atoms with E-state index < -0.39 is 0 Å². The van der Waals surface area contributed by atoms with E-state index >= 15 is 0 Å². The molecule has 0 atom stereocenters. The number of aromatic nitrogens is 6. The molecule has 37 heavy (non-hydrogen) atoms. The van der Waals surface area contributed by atoms with Crippen molar-refractivity contribution in [2.45, 2.75) is 53.4 Å². The Kier molecular flexibility index (Phi) is 8.09. The molecule has 0 aliphatic carbocycles. The quantitative estimate of drug-likeness (QED) is 0.192. The summed E-state index contributed by atoms with van der Waals surface area (Å²) < 4.78 is 0. The molecule has 0 amide bonds. The first-order valence-corrected chi connectivity index (χ1v) is 14.2. The molecule has 0 aliphatic heterocycles. The van der Waals surface area contributed by atoms with Gasteiger partial charge in [0.2, 0.25) is 0 Å². The van der Waals surface area contributed by atoms with Crippen molar-refractivity contribution >= 4 is 57.3 Å². The molecule has 0 spiro atoms. The summed E-state index contributed by atoms with van der Waals surface area (Å²) in [5, 5.41) is 7.95. The Bertz CT molecular complexity index is 1550. The summed E-state index contributed by atoms with van der Waals surface area (Å²) in [5.74, 6) is 2.08. The molecule has 0 fully saturated rings. The molecule has 0 radical (unpaired) electrons. The third kappa shape index (κ3) is 5.75. The van der Waals surface area contributed by atoms with Crippen molar-refractivity contribution in [1.29, 1.82) is 0 Å². The fourth-order valence-corrected chi connectivity index (χ4v) is 5.31.